The Kier molecular flexibility index (Phi) is 8.05. The predicted molar refractivity (Wildman–Crippen MR) is 131 cm³/mol. The quantitative estimate of drug-likeness (QED) is 0.538. The predicted octanol–water partition coefficient (Wildman–Crippen LogP) is 2.68. The smallest absolute Gasteiger partial charge is 0.254 e. The lowest BCUT2D eigenvalue weighted by Gasteiger charge is -2.35. The molecule has 1 heterocycles. The number of nitrogens with zero attached hydrogens (tertiary/aromatic N) is 2. The Hall–Kier alpha value is -2.97. The van der Waals surface area contributed by atoms with Crippen molar-refractivity contribution in [1.82, 2.24) is 15.5 Å². The molecule has 10 heteroatoms. The number of halogens is 2. The van der Waals surface area contributed by atoms with E-state index >= 15 is 0 Å². The molecule has 1 unspecified atom stereocenters. The SMILES string of the molecule is CC(=O)N1CCN(c2ccc(N)c(C(=O)NC(C)C(=O)NCc3ccc(Cl)c(Cl)c3)c2)CC1. The molecule has 0 radical (unpaired) electrons. The molecule has 0 aromatic heterocycles. The monoisotopic (exact) mass is 491 g/mol. The number of carbonyl (C=O) groups is 3. The minimum absolute atomic E-state index is 0.0541. The van der Waals surface area contributed by atoms with Crippen molar-refractivity contribution in [2.45, 2.75) is 26.4 Å². The number of hydrogen-bond acceptors (Lipinski definition) is 5. The van der Waals surface area contributed by atoms with Crippen LogP contribution in [0.4, 0.5) is 11.4 Å². The second-order valence-corrected chi connectivity index (χ2v) is 8.74. The molecule has 0 bridgehead atoms. The lowest BCUT2D eigenvalue weighted by Crippen LogP contribution is -2.48. The number of carbonyl (C=O) groups excluding carboxylic acids is 3. The molecule has 2 aromatic rings. The van der Waals surface area contributed by atoms with Crippen molar-refractivity contribution in [3.8, 4) is 0 Å². The lowest BCUT2D eigenvalue weighted by atomic mass is 10.1. The van der Waals surface area contributed by atoms with Gasteiger partial charge in [0.25, 0.3) is 5.91 Å². The van der Waals surface area contributed by atoms with Gasteiger partial charge >= 0.3 is 0 Å². The van der Waals surface area contributed by atoms with Crippen molar-refractivity contribution in [3.05, 3.63) is 57.6 Å². The summed E-state index contributed by atoms with van der Waals surface area (Å²) < 4.78 is 0. The van der Waals surface area contributed by atoms with Crippen LogP contribution in [0.3, 0.4) is 0 Å². The number of benzene rings is 2. The molecule has 3 amide bonds. The zero-order chi connectivity index (χ0) is 24.1. The standard InChI is InChI=1S/C23H27Cl2N5O3/c1-14(22(32)27-13-16-3-5-19(24)20(25)11-16)28-23(33)18-12-17(4-6-21(18)26)30-9-7-29(8-10-30)15(2)31/h3-6,11-12,14H,7-10,13,26H2,1-2H3,(H,27,32)(H,28,33). The van der Waals surface area contributed by atoms with Crippen LogP contribution in [0.25, 0.3) is 0 Å². The van der Waals surface area contributed by atoms with E-state index in [1.807, 2.05) is 6.07 Å². The summed E-state index contributed by atoms with van der Waals surface area (Å²) in [5, 5.41) is 6.31. The van der Waals surface area contributed by atoms with Gasteiger partial charge in [-0.15, -0.1) is 0 Å². The van der Waals surface area contributed by atoms with E-state index in [4.69, 9.17) is 28.9 Å². The molecule has 4 N–H and O–H groups in total. The van der Waals surface area contributed by atoms with Gasteiger partial charge in [-0.2, -0.15) is 0 Å². The highest BCUT2D eigenvalue weighted by Gasteiger charge is 2.22. The fourth-order valence-electron chi connectivity index (χ4n) is 3.55. The first-order valence-electron chi connectivity index (χ1n) is 10.6. The van der Waals surface area contributed by atoms with Gasteiger partial charge in [-0.05, 0) is 42.8 Å². The molecule has 1 aliphatic heterocycles. The van der Waals surface area contributed by atoms with E-state index in [-0.39, 0.29) is 18.4 Å². The molecule has 1 aliphatic rings. The minimum Gasteiger partial charge on any atom is -0.398 e. The first kappa shape index (κ1) is 24.7. The molecule has 3 rings (SSSR count). The van der Waals surface area contributed by atoms with Crippen LogP contribution < -0.4 is 21.3 Å². The Morgan fingerprint density at radius 1 is 1.03 bits per heavy atom. The van der Waals surface area contributed by atoms with Crippen LogP contribution in [0, 0.1) is 0 Å². The van der Waals surface area contributed by atoms with Crippen LogP contribution in [0.1, 0.15) is 29.8 Å². The number of anilines is 2. The van der Waals surface area contributed by atoms with E-state index in [2.05, 4.69) is 15.5 Å². The van der Waals surface area contributed by atoms with Gasteiger partial charge in [-0.25, -0.2) is 0 Å². The van der Waals surface area contributed by atoms with Gasteiger partial charge in [-0.3, -0.25) is 14.4 Å². The Morgan fingerprint density at radius 2 is 1.73 bits per heavy atom. The Morgan fingerprint density at radius 3 is 2.36 bits per heavy atom. The summed E-state index contributed by atoms with van der Waals surface area (Å²) in [5.41, 5.74) is 8.29. The Bertz CT molecular complexity index is 1050. The fourth-order valence-corrected chi connectivity index (χ4v) is 3.87. The number of nitrogens with two attached hydrogens (primary N) is 1. The van der Waals surface area contributed by atoms with Crippen LogP contribution in [-0.4, -0.2) is 54.8 Å². The summed E-state index contributed by atoms with van der Waals surface area (Å²) in [4.78, 5) is 40.7. The highest BCUT2D eigenvalue weighted by atomic mass is 35.5. The summed E-state index contributed by atoms with van der Waals surface area (Å²) in [5.74, 6) is -0.725. The second kappa shape index (κ2) is 10.8. The summed E-state index contributed by atoms with van der Waals surface area (Å²) in [6.45, 7) is 5.98. The van der Waals surface area contributed by atoms with E-state index in [0.29, 0.717) is 47.5 Å². The Balaban J connectivity index is 1.59. The topological polar surface area (TPSA) is 108 Å². The van der Waals surface area contributed by atoms with Crippen LogP contribution in [0.15, 0.2) is 36.4 Å². The minimum atomic E-state index is -0.776. The van der Waals surface area contributed by atoms with Crippen molar-refractivity contribution >= 4 is 52.3 Å². The number of nitrogen functional groups attached to an aromatic ring is 1. The molecule has 176 valence electrons. The van der Waals surface area contributed by atoms with Gasteiger partial charge in [0.05, 0.1) is 15.6 Å². The lowest BCUT2D eigenvalue weighted by molar-refractivity contribution is -0.129. The molecular weight excluding hydrogens is 465 g/mol. The summed E-state index contributed by atoms with van der Waals surface area (Å²) in [6, 6.07) is 9.57. The van der Waals surface area contributed by atoms with E-state index < -0.39 is 11.9 Å². The number of amides is 3. The summed E-state index contributed by atoms with van der Waals surface area (Å²) >= 11 is 11.9. The second-order valence-electron chi connectivity index (χ2n) is 7.93. The molecule has 8 nitrogen and oxygen atoms in total. The molecule has 33 heavy (non-hydrogen) atoms. The third-order valence-electron chi connectivity index (χ3n) is 5.56. The molecular formula is C23H27Cl2N5O3. The molecule has 1 fully saturated rings. The van der Waals surface area contributed by atoms with Gasteiger partial charge in [0, 0.05) is 51.0 Å². The van der Waals surface area contributed by atoms with Crippen LogP contribution >= 0.6 is 23.2 Å². The van der Waals surface area contributed by atoms with Crippen LogP contribution in [0.5, 0.6) is 0 Å². The van der Waals surface area contributed by atoms with Crippen molar-refractivity contribution in [3.63, 3.8) is 0 Å². The summed E-state index contributed by atoms with van der Waals surface area (Å²) in [7, 11) is 0. The Labute approximate surface area is 203 Å². The molecule has 0 saturated carbocycles. The first-order valence-corrected chi connectivity index (χ1v) is 11.3. The van der Waals surface area contributed by atoms with Gasteiger partial charge in [0.15, 0.2) is 0 Å². The van der Waals surface area contributed by atoms with Gasteiger partial charge in [-0.1, -0.05) is 29.3 Å². The van der Waals surface area contributed by atoms with Gasteiger partial charge in [0.2, 0.25) is 11.8 Å². The molecule has 1 saturated heterocycles. The maximum Gasteiger partial charge on any atom is 0.254 e. The fraction of sp³-hybridized carbons (Fsp3) is 0.348. The zero-order valence-corrected chi connectivity index (χ0v) is 20.0. The largest absolute Gasteiger partial charge is 0.398 e. The third kappa shape index (κ3) is 6.30. The number of nitrogens with one attached hydrogen (secondary N) is 2. The normalized spacial score (nSPS) is 14.5. The molecule has 1 atom stereocenters. The number of piperazine rings is 1. The molecule has 0 aliphatic carbocycles. The average Bonchev–Trinajstić information content (AvgIpc) is 2.79. The van der Waals surface area contributed by atoms with E-state index in [9.17, 15) is 14.4 Å². The average molecular weight is 492 g/mol. The van der Waals surface area contributed by atoms with E-state index in [1.165, 1.54) is 0 Å². The maximum atomic E-state index is 12.8. The van der Waals surface area contributed by atoms with Crippen molar-refractivity contribution in [2.24, 2.45) is 0 Å². The van der Waals surface area contributed by atoms with Crippen LogP contribution in [0.2, 0.25) is 10.0 Å². The van der Waals surface area contributed by atoms with Crippen LogP contribution in [-0.2, 0) is 16.1 Å². The van der Waals surface area contributed by atoms with Crippen molar-refractivity contribution < 1.29 is 14.4 Å². The van der Waals surface area contributed by atoms with Crippen molar-refractivity contribution in [2.75, 3.05) is 36.8 Å². The van der Waals surface area contributed by atoms with Gasteiger partial charge in [0.1, 0.15) is 6.04 Å². The zero-order valence-electron chi connectivity index (χ0n) is 18.5. The third-order valence-corrected chi connectivity index (χ3v) is 6.30. The molecule has 0 spiro atoms. The van der Waals surface area contributed by atoms with E-state index in [1.54, 1.807) is 49.1 Å². The highest BCUT2D eigenvalue weighted by Crippen LogP contribution is 2.24. The molecule has 2 aromatic carbocycles. The van der Waals surface area contributed by atoms with Crippen molar-refractivity contribution in [1.29, 1.82) is 0 Å². The number of hydrogen-bond donors (Lipinski definition) is 3. The van der Waals surface area contributed by atoms with Gasteiger partial charge < -0.3 is 26.2 Å². The summed E-state index contributed by atoms with van der Waals surface area (Å²) in [6.07, 6.45) is 0. The van der Waals surface area contributed by atoms with E-state index in [0.717, 1.165) is 11.3 Å². The number of rotatable bonds is 6. The maximum absolute atomic E-state index is 12.8. The highest BCUT2D eigenvalue weighted by molar-refractivity contribution is 6.42. The first-order chi connectivity index (χ1) is 15.7.